The van der Waals surface area contributed by atoms with E-state index >= 15 is 0 Å². The molecule has 0 aliphatic carbocycles. The van der Waals surface area contributed by atoms with E-state index in [1.807, 2.05) is 13.0 Å². The van der Waals surface area contributed by atoms with Gasteiger partial charge in [0.25, 0.3) is 11.5 Å². The summed E-state index contributed by atoms with van der Waals surface area (Å²) in [6.45, 7) is 4.22. The summed E-state index contributed by atoms with van der Waals surface area (Å²) in [6.07, 6.45) is 3.13. The summed E-state index contributed by atoms with van der Waals surface area (Å²) in [5, 5.41) is 13.1. The zero-order valence-electron chi connectivity index (χ0n) is 13.4. The Bertz CT molecular complexity index is 970. The van der Waals surface area contributed by atoms with Crippen molar-refractivity contribution in [3.63, 3.8) is 0 Å². The lowest BCUT2D eigenvalue weighted by Gasteiger charge is -2.22. The monoisotopic (exact) mass is 327 g/mol. The van der Waals surface area contributed by atoms with Crippen LogP contribution in [0.1, 0.15) is 46.3 Å². The van der Waals surface area contributed by atoms with Gasteiger partial charge in [0.05, 0.1) is 17.9 Å². The molecule has 1 saturated heterocycles. The molecule has 0 radical (unpaired) electrons. The standard InChI is InChI=1S/C15H17N7O2/c1-8-9(2)17-13-6-10(19-22(13)14(8)23)12-4-3-5-21(12)15(24)11-7-16-20-18-11/h6-7,12,19H,3-5H2,1-2H3,(H,16,18,20). The summed E-state index contributed by atoms with van der Waals surface area (Å²) >= 11 is 0. The molecule has 0 saturated carbocycles. The summed E-state index contributed by atoms with van der Waals surface area (Å²) < 4.78 is 1.44. The van der Waals surface area contributed by atoms with Gasteiger partial charge in [0.1, 0.15) is 0 Å². The number of amides is 1. The topological polar surface area (TPSA) is 112 Å². The number of likely N-dealkylation sites (tertiary alicyclic amines) is 1. The fourth-order valence-electron chi connectivity index (χ4n) is 3.19. The molecule has 4 heterocycles. The first-order chi connectivity index (χ1) is 11.6. The number of fused-ring (bicyclic) bond motifs is 1. The predicted molar refractivity (Wildman–Crippen MR) is 84.7 cm³/mol. The molecule has 9 nitrogen and oxygen atoms in total. The molecule has 24 heavy (non-hydrogen) atoms. The van der Waals surface area contributed by atoms with Crippen molar-refractivity contribution in [2.75, 3.05) is 6.54 Å². The summed E-state index contributed by atoms with van der Waals surface area (Å²) in [6, 6.07) is 1.71. The van der Waals surface area contributed by atoms with Crippen molar-refractivity contribution >= 4 is 11.6 Å². The van der Waals surface area contributed by atoms with Gasteiger partial charge in [-0.3, -0.25) is 14.7 Å². The Morgan fingerprint density at radius 2 is 2.21 bits per heavy atom. The molecule has 124 valence electrons. The van der Waals surface area contributed by atoms with E-state index in [-0.39, 0.29) is 17.5 Å². The van der Waals surface area contributed by atoms with Crippen molar-refractivity contribution in [3.8, 4) is 0 Å². The molecule has 1 aliphatic rings. The van der Waals surface area contributed by atoms with E-state index in [2.05, 4.69) is 25.5 Å². The second-order valence-corrected chi connectivity index (χ2v) is 6.04. The third-order valence-corrected chi connectivity index (χ3v) is 4.61. The number of H-pyrrole nitrogens is 2. The van der Waals surface area contributed by atoms with Crippen LogP contribution in [-0.2, 0) is 0 Å². The van der Waals surface area contributed by atoms with Crippen LogP contribution in [0.4, 0.5) is 0 Å². The van der Waals surface area contributed by atoms with Crippen LogP contribution in [-0.4, -0.2) is 47.4 Å². The van der Waals surface area contributed by atoms with Crippen LogP contribution in [0.5, 0.6) is 0 Å². The first kappa shape index (κ1) is 14.6. The molecule has 1 fully saturated rings. The van der Waals surface area contributed by atoms with Crippen molar-refractivity contribution in [2.24, 2.45) is 0 Å². The molecule has 1 atom stereocenters. The lowest BCUT2D eigenvalue weighted by atomic mass is 10.1. The van der Waals surface area contributed by atoms with E-state index in [1.54, 1.807) is 11.8 Å². The van der Waals surface area contributed by atoms with Gasteiger partial charge in [0.2, 0.25) is 0 Å². The maximum atomic E-state index is 12.6. The number of nitrogens with one attached hydrogen (secondary N) is 2. The molecule has 3 aromatic heterocycles. The molecule has 2 N–H and O–H groups in total. The highest BCUT2D eigenvalue weighted by molar-refractivity contribution is 5.92. The van der Waals surface area contributed by atoms with Crippen molar-refractivity contribution in [1.82, 2.24) is 34.9 Å². The molecular formula is C15H17N7O2. The fourth-order valence-corrected chi connectivity index (χ4v) is 3.19. The van der Waals surface area contributed by atoms with Gasteiger partial charge in [-0.25, -0.2) is 9.50 Å². The summed E-state index contributed by atoms with van der Waals surface area (Å²) in [5.74, 6) is -0.169. The number of hydrogen-bond acceptors (Lipinski definition) is 5. The predicted octanol–water partition coefficient (Wildman–Crippen LogP) is 0.735. The van der Waals surface area contributed by atoms with Gasteiger partial charge in [-0.2, -0.15) is 15.4 Å². The van der Waals surface area contributed by atoms with Gasteiger partial charge in [-0.1, -0.05) is 0 Å². The minimum Gasteiger partial charge on any atom is -0.329 e. The fraction of sp³-hybridized carbons (Fsp3) is 0.400. The number of nitrogens with zero attached hydrogens (tertiary/aromatic N) is 5. The molecule has 4 rings (SSSR count). The average Bonchev–Trinajstić information content (AvgIpc) is 3.30. The number of aryl methyl sites for hydroxylation is 1. The maximum Gasteiger partial charge on any atom is 0.276 e. The Kier molecular flexibility index (Phi) is 3.22. The van der Waals surface area contributed by atoms with E-state index in [1.165, 1.54) is 10.7 Å². The molecular weight excluding hydrogens is 310 g/mol. The Morgan fingerprint density at radius 3 is 2.96 bits per heavy atom. The molecule has 0 spiro atoms. The molecule has 1 amide bonds. The first-order valence-corrected chi connectivity index (χ1v) is 7.82. The van der Waals surface area contributed by atoms with Gasteiger partial charge in [0, 0.05) is 23.9 Å². The Hall–Kier alpha value is -2.97. The van der Waals surface area contributed by atoms with Crippen LogP contribution in [0.25, 0.3) is 5.65 Å². The van der Waals surface area contributed by atoms with Gasteiger partial charge >= 0.3 is 0 Å². The number of aromatic nitrogens is 6. The largest absolute Gasteiger partial charge is 0.329 e. The summed E-state index contributed by atoms with van der Waals surface area (Å²) in [7, 11) is 0. The minimum atomic E-state index is -0.169. The lowest BCUT2D eigenvalue weighted by Crippen LogP contribution is -2.31. The SMILES string of the molecule is Cc1nc2cc(C3CCCN3C(=O)c3cn[nH]n3)[nH]n2c(=O)c1C. The molecule has 1 unspecified atom stereocenters. The number of carbonyl (C=O) groups excluding carboxylic acids is 1. The summed E-state index contributed by atoms with van der Waals surface area (Å²) in [5.41, 5.74) is 2.88. The number of rotatable bonds is 2. The van der Waals surface area contributed by atoms with E-state index < -0.39 is 0 Å². The highest BCUT2D eigenvalue weighted by atomic mass is 16.2. The van der Waals surface area contributed by atoms with E-state index in [0.717, 1.165) is 18.5 Å². The molecule has 9 heteroatoms. The second-order valence-electron chi connectivity index (χ2n) is 6.04. The highest BCUT2D eigenvalue weighted by Crippen LogP contribution is 2.32. The maximum absolute atomic E-state index is 12.6. The number of aromatic amines is 2. The number of hydrogen-bond donors (Lipinski definition) is 2. The zero-order chi connectivity index (χ0) is 16.8. The van der Waals surface area contributed by atoms with Gasteiger partial charge in [-0.15, -0.1) is 0 Å². The Balaban J connectivity index is 1.75. The molecule has 3 aromatic rings. The van der Waals surface area contributed by atoms with Gasteiger partial charge in [0.15, 0.2) is 11.3 Å². The van der Waals surface area contributed by atoms with Crippen LogP contribution in [0.3, 0.4) is 0 Å². The third-order valence-electron chi connectivity index (χ3n) is 4.61. The lowest BCUT2D eigenvalue weighted by molar-refractivity contribution is 0.0726. The third kappa shape index (κ3) is 2.12. The number of carbonyl (C=O) groups is 1. The van der Waals surface area contributed by atoms with Gasteiger partial charge in [-0.05, 0) is 26.7 Å². The average molecular weight is 327 g/mol. The molecule has 0 bridgehead atoms. The van der Waals surface area contributed by atoms with Crippen molar-refractivity contribution in [1.29, 1.82) is 0 Å². The van der Waals surface area contributed by atoms with Gasteiger partial charge < -0.3 is 4.90 Å². The minimum absolute atomic E-state index is 0.115. The van der Waals surface area contributed by atoms with Crippen molar-refractivity contribution < 1.29 is 4.79 Å². The first-order valence-electron chi connectivity index (χ1n) is 7.82. The van der Waals surface area contributed by atoms with E-state index in [4.69, 9.17) is 0 Å². The summed E-state index contributed by atoms with van der Waals surface area (Å²) in [4.78, 5) is 31.2. The highest BCUT2D eigenvalue weighted by Gasteiger charge is 2.33. The zero-order valence-corrected chi connectivity index (χ0v) is 13.4. The second kappa shape index (κ2) is 5.29. The van der Waals surface area contributed by atoms with Crippen LogP contribution in [0, 0.1) is 13.8 Å². The van der Waals surface area contributed by atoms with Crippen molar-refractivity contribution in [3.05, 3.63) is 45.3 Å². The molecule has 0 aromatic carbocycles. The van der Waals surface area contributed by atoms with Crippen LogP contribution < -0.4 is 5.56 Å². The van der Waals surface area contributed by atoms with Crippen molar-refractivity contribution in [2.45, 2.75) is 32.7 Å². The van der Waals surface area contributed by atoms with Crippen LogP contribution in [0.2, 0.25) is 0 Å². The van der Waals surface area contributed by atoms with E-state index in [9.17, 15) is 9.59 Å². The Morgan fingerprint density at radius 1 is 1.38 bits per heavy atom. The molecule has 1 aliphatic heterocycles. The van der Waals surface area contributed by atoms with Crippen LogP contribution >= 0.6 is 0 Å². The van der Waals surface area contributed by atoms with E-state index in [0.29, 0.717) is 29.1 Å². The normalized spacial score (nSPS) is 17.8. The van der Waals surface area contributed by atoms with Crippen LogP contribution in [0.15, 0.2) is 17.1 Å². The Labute approximate surface area is 136 Å². The smallest absolute Gasteiger partial charge is 0.276 e. The quantitative estimate of drug-likeness (QED) is 0.721.